The summed E-state index contributed by atoms with van der Waals surface area (Å²) in [5, 5.41) is 0. The average molecular weight is 408 g/mol. The van der Waals surface area contributed by atoms with Crippen LogP contribution in [-0.4, -0.2) is 72.5 Å². The van der Waals surface area contributed by atoms with Gasteiger partial charge in [-0.05, 0) is 19.1 Å². The zero-order chi connectivity index (χ0) is 20.3. The highest BCUT2D eigenvalue weighted by Crippen LogP contribution is 2.33. The number of furan rings is 1. The van der Waals surface area contributed by atoms with E-state index in [1.54, 1.807) is 12.5 Å². The van der Waals surface area contributed by atoms with Crippen LogP contribution < -0.4 is 9.80 Å². The molecule has 30 heavy (non-hydrogen) atoms. The highest BCUT2D eigenvalue weighted by Gasteiger charge is 2.21. The van der Waals surface area contributed by atoms with Gasteiger partial charge in [0.1, 0.15) is 5.76 Å². The molecule has 0 N–H and O–H groups in total. The van der Waals surface area contributed by atoms with Crippen molar-refractivity contribution >= 4 is 11.9 Å². The Bertz CT molecular complexity index is 1010. The minimum atomic E-state index is 0.681. The van der Waals surface area contributed by atoms with Crippen molar-refractivity contribution in [3.8, 4) is 22.5 Å². The fraction of sp³-hybridized carbons (Fsp3) is 0.429. The van der Waals surface area contributed by atoms with Gasteiger partial charge in [-0.2, -0.15) is 0 Å². The summed E-state index contributed by atoms with van der Waals surface area (Å²) in [7, 11) is 0. The van der Waals surface area contributed by atoms with E-state index < -0.39 is 0 Å². The fourth-order valence-corrected chi connectivity index (χ4v) is 3.73. The van der Waals surface area contributed by atoms with E-state index in [2.05, 4.69) is 19.8 Å². The second-order valence-electron chi connectivity index (χ2n) is 7.26. The van der Waals surface area contributed by atoms with E-state index in [4.69, 9.17) is 23.9 Å². The van der Waals surface area contributed by atoms with Crippen molar-refractivity contribution in [3.05, 3.63) is 36.5 Å². The molecule has 3 aromatic rings. The molecule has 0 spiro atoms. The number of ether oxygens (including phenoxy) is 2. The summed E-state index contributed by atoms with van der Waals surface area (Å²) in [5.74, 6) is 2.20. The SMILES string of the molecule is Cc1occc1-c1nc(N2CCOCC2)ncc1-c1ccnc(N2CCOCC2)n1. The van der Waals surface area contributed by atoms with Gasteiger partial charge in [-0.3, -0.25) is 0 Å². The van der Waals surface area contributed by atoms with Gasteiger partial charge in [0.05, 0.1) is 44.1 Å². The molecule has 0 unspecified atom stereocenters. The Morgan fingerprint density at radius 3 is 2.10 bits per heavy atom. The van der Waals surface area contributed by atoms with Crippen molar-refractivity contribution in [1.82, 2.24) is 19.9 Å². The third kappa shape index (κ3) is 3.73. The second-order valence-corrected chi connectivity index (χ2v) is 7.26. The Morgan fingerprint density at radius 1 is 0.800 bits per heavy atom. The molecule has 2 saturated heterocycles. The first-order valence-electron chi connectivity index (χ1n) is 10.2. The number of morpholine rings is 2. The van der Waals surface area contributed by atoms with Crippen LogP contribution in [0.1, 0.15) is 5.76 Å². The number of rotatable bonds is 4. The fourth-order valence-electron chi connectivity index (χ4n) is 3.73. The average Bonchev–Trinajstić information content (AvgIpc) is 3.25. The van der Waals surface area contributed by atoms with Gasteiger partial charge in [0.2, 0.25) is 11.9 Å². The third-order valence-corrected chi connectivity index (χ3v) is 5.40. The largest absolute Gasteiger partial charge is 0.469 e. The molecule has 2 aliphatic heterocycles. The molecule has 5 rings (SSSR count). The number of aryl methyl sites for hydroxylation is 1. The van der Waals surface area contributed by atoms with E-state index in [-0.39, 0.29) is 0 Å². The molecule has 0 amide bonds. The molecular weight excluding hydrogens is 384 g/mol. The van der Waals surface area contributed by atoms with Crippen molar-refractivity contribution in [2.75, 3.05) is 62.4 Å². The summed E-state index contributed by atoms with van der Waals surface area (Å²) >= 11 is 0. The van der Waals surface area contributed by atoms with Crippen molar-refractivity contribution in [2.45, 2.75) is 6.92 Å². The standard InChI is InChI=1S/C21H24N6O3/c1-15-16(3-9-30-15)19-17(14-23-21(25-19)27-7-12-29-13-8-27)18-2-4-22-20(24-18)26-5-10-28-11-6-26/h2-4,9,14H,5-8,10-13H2,1H3. The monoisotopic (exact) mass is 408 g/mol. The highest BCUT2D eigenvalue weighted by molar-refractivity contribution is 5.80. The number of hydrogen-bond acceptors (Lipinski definition) is 9. The predicted octanol–water partition coefficient (Wildman–Crippen LogP) is 2.18. The molecule has 0 radical (unpaired) electrons. The lowest BCUT2D eigenvalue weighted by Gasteiger charge is -2.27. The van der Waals surface area contributed by atoms with Crippen LogP contribution in [-0.2, 0) is 9.47 Å². The van der Waals surface area contributed by atoms with Crippen LogP contribution in [0.3, 0.4) is 0 Å². The molecule has 2 aliphatic rings. The molecular formula is C21H24N6O3. The summed E-state index contributed by atoms with van der Waals surface area (Å²) in [5.41, 5.74) is 3.39. The van der Waals surface area contributed by atoms with E-state index in [0.717, 1.165) is 54.5 Å². The lowest BCUT2D eigenvalue weighted by molar-refractivity contribution is 0.122. The molecule has 0 aliphatic carbocycles. The molecule has 0 bridgehead atoms. The molecule has 9 heteroatoms. The van der Waals surface area contributed by atoms with E-state index in [0.29, 0.717) is 38.3 Å². The smallest absolute Gasteiger partial charge is 0.226 e. The Balaban J connectivity index is 1.56. The third-order valence-electron chi connectivity index (χ3n) is 5.40. The summed E-state index contributed by atoms with van der Waals surface area (Å²) in [4.78, 5) is 23.2. The normalized spacial score (nSPS) is 17.4. The van der Waals surface area contributed by atoms with Crippen LogP contribution in [0.5, 0.6) is 0 Å². The maximum atomic E-state index is 5.57. The van der Waals surface area contributed by atoms with Gasteiger partial charge in [0.25, 0.3) is 0 Å². The maximum Gasteiger partial charge on any atom is 0.226 e. The lowest BCUT2D eigenvalue weighted by atomic mass is 10.1. The van der Waals surface area contributed by atoms with Gasteiger partial charge in [-0.1, -0.05) is 0 Å². The number of nitrogens with zero attached hydrogens (tertiary/aromatic N) is 6. The quantitative estimate of drug-likeness (QED) is 0.644. The van der Waals surface area contributed by atoms with E-state index >= 15 is 0 Å². The summed E-state index contributed by atoms with van der Waals surface area (Å²) < 4.78 is 16.5. The van der Waals surface area contributed by atoms with Crippen molar-refractivity contribution < 1.29 is 13.9 Å². The first-order chi connectivity index (χ1) is 14.8. The molecule has 0 aromatic carbocycles. The zero-order valence-corrected chi connectivity index (χ0v) is 17.0. The summed E-state index contributed by atoms with van der Waals surface area (Å²) in [6.07, 6.45) is 5.32. The number of anilines is 2. The minimum absolute atomic E-state index is 0.681. The van der Waals surface area contributed by atoms with Gasteiger partial charge >= 0.3 is 0 Å². The van der Waals surface area contributed by atoms with Crippen LogP contribution in [0.15, 0.2) is 35.2 Å². The van der Waals surface area contributed by atoms with Crippen LogP contribution >= 0.6 is 0 Å². The first kappa shape index (κ1) is 19.0. The van der Waals surface area contributed by atoms with Crippen LogP contribution in [0.2, 0.25) is 0 Å². The van der Waals surface area contributed by atoms with Crippen molar-refractivity contribution in [1.29, 1.82) is 0 Å². The molecule has 156 valence electrons. The van der Waals surface area contributed by atoms with Crippen molar-refractivity contribution in [3.63, 3.8) is 0 Å². The van der Waals surface area contributed by atoms with E-state index in [1.807, 2.05) is 25.3 Å². The predicted molar refractivity (Wildman–Crippen MR) is 112 cm³/mol. The molecule has 3 aromatic heterocycles. The first-order valence-corrected chi connectivity index (χ1v) is 10.2. The van der Waals surface area contributed by atoms with Gasteiger partial charge in [-0.25, -0.2) is 19.9 Å². The number of aromatic nitrogens is 4. The summed E-state index contributed by atoms with van der Waals surface area (Å²) in [6.45, 7) is 7.78. The van der Waals surface area contributed by atoms with E-state index in [9.17, 15) is 0 Å². The van der Waals surface area contributed by atoms with Gasteiger partial charge in [-0.15, -0.1) is 0 Å². The zero-order valence-electron chi connectivity index (χ0n) is 17.0. The topological polar surface area (TPSA) is 89.6 Å². The Morgan fingerprint density at radius 2 is 1.47 bits per heavy atom. The van der Waals surface area contributed by atoms with Crippen molar-refractivity contribution in [2.24, 2.45) is 0 Å². The van der Waals surface area contributed by atoms with Crippen LogP contribution in [0.25, 0.3) is 22.5 Å². The van der Waals surface area contributed by atoms with Gasteiger partial charge < -0.3 is 23.7 Å². The van der Waals surface area contributed by atoms with Gasteiger partial charge in [0, 0.05) is 49.7 Å². The molecule has 2 fully saturated rings. The Hall–Kier alpha value is -3.04. The Labute approximate surface area is 174 Å². The molecule has 9 nitrogen and oxygen atoms in total. The molecule has 5 heterocycles. The minimum Gasteiger partial charge on any atom is -0.469 e. The maximum absolute atomic E-state index is 5.57. The lowest BCUT2D eigenvalue weighted by Crippen LogP contribution is -2.37. The molecule has 0 saturated carbocycles. The highest BCUT2D eigenvalue weighted by atomic mass is 16.5. The second kappa shape index (κ2) is 8.37. The van der Waals surface area contributed by atoms with Crippen LogP contribution in [0, 0.1) is 6.92 Å². The summed E-state index contributed by atoms with van der Waals surface area (Å²) in [6, 6.07) is 3.84. The van der Waals surface area contributed by atoms with Crippen LogP contribution in [0.4, 0.5) is 11.9 Å². The number of hydrogen-bond donors (Lipinski definition) is 0. The van der Waals surface area contributed by atoms with E-state index in [1.165, 1.54) is 0 Å². The Kier molecular flexibility index (Phi) is 5.29. The van der Waals surface area contributed by atoms with Gasteiger partial charge in [0.15, 0.2) is 0 Å². The molecule has 0 atom stereocenters.